The van der Waals surface area contributed by atoms with E-state index in [2.05, 4.69) is 203 Å². The Labute approximate surface area is 302 Å². The van der Waals surface area contributed by atoms with E-state index in [1.165, 1.54) is 49.2 Å². The number of aromatic nitrogens is 2. The van der Waals surface area contributed by atoms with Crippen LogP contribution in [0.15, 0.2) is 181 Å². The number of rotatable bonds is 5. The van der Waals surface area contributed by atoms with Crippen molar-refractivity contribution in [2.75, 3.05) is 7.05 Å². The zero-order valence-electron chi connectivity index (χ0n) is 29.1. The van der Waals surface area contributed by atoms with Gasteiger partial charge in [0.25, 0.3) is 0 Å². The summed E-state index contributed by atoms with van der Waals surface area (Å²) < 4.78 is 4.85. The van der Waals surface area contributed by atoms with Crippen LogP contribution >= 0.6 is 0 Å². The van der Waals surface area contributed by atoms with Gasteiger partial charge >= 0.3 is 0 Å². The normalized spacial score (nSPS) is 17.9. The van der Waals surface area contributed by atoms with Crippen molar-refractivity contribution in [2.24, 2.45) is 4.99 Å². The fourth-order valence-corrected chi connectivity index (χ4v) is 8.31. The maximum Gasteiger partial charge on any atom is 0.132 e. The Morgan fingerprint density at radius 3 is 1.81 bits per heavy atom. The fourth-order valence-electron chi connectivity index (χ4n) is 8.31. The topological polar surface area (TPSA) is 37.5 Å². The molecule has 2 atom stereocenters. The van der Waals surface area contributed by atoms with Crippen molar-refractivity contribution in [3.05, 3.63) is 193 Å². The molecule has 1 N–H and O–H groups in total. The second-order valence-electron chi connectivity index (χ2n) is 13.9. The third kappa shape index (κ3) is 4.56. The third-order valence-corrected chi connectivity index (χ3v) is 11.0. The molecule has 10 rings (SSSR count). The van der Waals surface area contributed by atoms with Gasteiger partial charge in [-0.05, 0) is 67.6 Å². The van der Waals surface area contributed by atoms with Crippen LogP contribution in [0.4, 0.5) is 0 Å². The summed E-state index contributed by atoms with van der Waals surface area (Å²) in [6, 6.07) is 63.0. The number of nitrogens with one attached hydrogen (secondary N) is 1. The number of hydrogen-bond acceptors (Lipinski definition) is 3. The van der Waals surface area contributed by atoms with Crippen LogP contribution in [0, 0.1) is 0 Å². The lowest BCUT2D eigenvalue weighted by atomic mass is 9.95. The number of nitrogens with zero attached hydrogens (tertiary/aromatic N) is 4. The van der Waals surface area contributed by atoms with E-state index in [1.807, 2.05) is 6.07 Å². The van der Waals surface area contributed by atoms with Gasteiger partial charge in [0, 0.05) is 38.5 Å². The average Bonchev–Trinajstić information content (AvgIpc) is 3.73. The molecular formula is C47H37N5. The van der Waals surface area contributed by atoms with E-state index in [0.29, 0.717) is 0 Å². The largest absolute Gasteiger partial charge is 0.348 e. The summed E-state index contributed by atoms with van der Waals surface area (Å²) in [7, 11) is 2.16. The number of benzene rings is 7. The van der Waals surface area contributed by atoms with Crippen molar-refractivity contribution < 1.29 is 0 Å². The highest BCUT2D eigenvalue weighted by Gasteiger charge is 2.40. The van der Waals surface area contributed by atoms with E-state index in [1.54, 1.807) is 0 Å². The van der Waals surface area contributed by atoms with Gasteiger partial charge in [0.15, 0.2) is 0 Å². The maximum absolute atomic E-state index is 5.33. The van der Waals surface area contributed by atoms with Crippen molar-refractivity contribution in [1.82, 2.24) is 19.4 Å². The summed E-state index contributed by atoms with van der Waals surface area (Å²) in [4.78, 5) is 7.67. The second kappa shape index (κ2) is 11.8. The molecule has 1 aliphatic rings. The molecule has 7 aromatic carbocycles. The summed E-state index contributed by atoms with van der Waals surface area (Å²) in [5.41, 5.74) is 10.00. The lowest BCUT2D eigenvalue weighted by Gasteiger charge is -2.47. The first-order valence-corrected chi connectivity index (χ1v) is 17.9. The minimum absolute atomic E-state index is 0.199. The fraction of sp³-hybridized carbons (Fsp3) is 0.0851. The van der Waals surface area contributed by atoms with Crippen LogP contribution < -0.4 is 5.32 Å². The highest BCUT2D eigenvalue weighted by atomic mass is 15.4. The molecule has 3 heterocycles. The summed E-state index contributed by atoms with van der Waals surface area (Å²) in [5, 5.41) is 8.80. The molecule has 0 fully saturated rings. The van der Waals surface area contributed by atoms with Crippen LogP contribution in [-0.2, 0) is 5.66 Å². The number of amidine groups is 1. The molecule has 2 aromatic heterocycles. The lowest BCUT2D eigenvalue weighted by molar-refractivity contribution is 0.0603. The Bertz CT molecular complexity index is 2780. The standard InChI is InChI=1S/C47H37N5/c1-47(34-18-8-4-9-19-34)49-45(32-16-6-3-7-17-32)48-46(50(47)2)33-26-28-36(29-27-33)51-41-25-15-13-23-39(41)43-42(51)31-30-38-37-22-12-14-24-40(37)52(44(38)43)35-20-10-5-11-21-35/h3-31,46H,1-2H3,(H,48,49). The number of hydrogen-bond donors (Lipinski definition) is 1. The quantitative estimate of drug-likeness (QED) is 0.198. The van der Waals surface area contributed by atoms with Crippen molar-refractivity contribution in [3.63, 3.8) is 0 Å². The van der Waals surface area contributed by atoms with Crippen LogP contribution in [0.1, 0.15) is 29.8 Å². The van der Waals surface area contributed by atoms with Crippen LogP contribution in [0.25, 0.3) is 55.0 Å². The first-order valence-electron chi connectivity index (χ1n) is 17.9. The summed E-state index contributed by atoms with van der Waals surface area (Å²) in [6.45, 7) is 2.24. The van der Waals surface area contributed by atoms with Crippen molar-refractivity contribution >= 4 is 49.4 Å². The number of fused-ring (bicyclic) bond motifs is 7. The molecule has 0 saturated heterocycles. The monoisotopic (exact) mass is 671 g/mol. The van der Waals surface area contributed by atoms with E-state index >= 15 is 0 Å². The second-order valence-corrected chi connectivity index (χ2v) is 13.9. The third-order valence-electron chi connectivity index (χ3n) is 11.0. The Kier molecular flexibility index (Phi) is 6.92. The minimum atomic E-state index is -0.479. The number of aliphatic imine (C=N–C) groups is 1. The van der Waals surface area contributed by atoms with E-state index in [9.17, 15) is 0 Å². The molecule has 0 amide bonds. The predicted molar refractivity (Wildman–Crippen MR) is 216 cm³/mol. The van der Waals surface area contributed by atoms with Gasteiger partial charge in [0.2, 0.25) is 0 Å². The molecule has 0 bridgehead atoms. The number of para-hydroxylation sites is 3. The van der Waals surface area contributed by atoms with Crippen molar-refractivity contribution in [1.29, 1.82) is 0 Å². The van der Waals surface area contributed by atoms with Gasteiger partial charge < -0.3 is 14.5 Å². The molecule has 2 unspecified atom stereocenters. The zero-order chi connectivity index (χ0) is 34.8. The molecular weight excluding hydrogens is 635 g/mol. The van der Waals surface area contributed by atoms with Gasteiger partial charge in [-0.25, -0.2) is 4.99 Å². The Morgan fingerprint density at radius 1 is 0.519 bits per heavy atom. The Balaban J connectivity index is 1.15. The average molecular weight is 672 g/mol. The molecule has 9 aromatic rings. The van der Waals surface area contributed by atoms with Crippen LogP contribution in [0.3, 0.4) is 0 Å². The lowest BCUT2D eigenvalue weighted by Crippen LogP contribution is -2.58. The smallest absolute Gasteiger partial charge is 0.132 e. The van der Waals surface area contributed by atoms with Crippen LogP contribution in [-0.4, -0.2) is 26.9 Å². The highest BCUT2D eigenvalue weighted by Crippen LogP contribution is 2.42. The molecule has 0 saturated carbocycles. The van der Waals surface area contributed by atoms with Gasteiger partial charge in [-0.1, -0.05) is 133 Å². The van der Waals surface area contributed by atoms with Crippen molar-refractivity contribution in [3.8, 4) is 11.4 Å². The van der Waals surface area contributed by atoms with Gasteiger partial charge in [0.1, 0.15) is 17.7 Å². The first-order chi connectivity index (χ1) is 25.6. The molecule has 1 aliphatic heterocycles. The molecule has 52 heavy (non-hydrogen) atoms. The summed E-state index contributed by atoms with van der Waals surface area (Å²) in [5.74, 6) is 0.888. The maximum atomic E-state index is 5.33. The minimum Gasteiger partial charge on any atom is -0.348 e. The molecule has 0 radical (unpaired) electrons. The highest BCUT2D eigenvalue weighted by molar-refractivity contribution is 6.26. The predicted octanol–water partition coefficient (Wildman–Crippen LogP) is 10.7. The molecule has 250 valence electrons. The van der Waals surface area contributed by atoms with Crippen LogP contribution in [0.5, 0.6) is 0 Å². The van der Waals surface area contributed by atoms with E-state index in [4.69, 9.17) is 4.99 Å². The van der Waals surface area contributed by atoms with E-state index in [-0.39, 0.29) is 6.17 Å². The molecule has 5 heteroatoms. The molecule has 0 spiro atoms. The SMILES string of the molecule is CN1C(c2ccc(-n3c4ccccc4c4c3ccc3c5ccccc5n(-c5ccccc5)c34)cc2)N=C(c2ccccc2)NC1(C)c1ccccc1. The zero-order valence-corrected chi connectivity index (χ0v) is 29.1. The Morgan fingerprint density at radius 2 is 1.10 bits per heavy atom. The Hall–Kier alpha value is -6.43. The van der Waals surface area contributed by atoms with E-state index in [0.717, 1.165) is 28.3 Å². The van der Waals surface area contributed by atoms with Gasteiger partial charge in [-0.2, -0.15) is 0 Å². The first kappa shape index (κ1) is 30.4. The molecule has 5 nitrogen and oxygen atoms in total. The van der Waals surface area contributed by atoms with E-state index < -0.39 is 5.66 Å². The van der Waals surface area contributed by atoms with Gasteiger partial charge in [-0.3, -0.25) is 4.90 Å². The summed E-state index contributed by atoms with van der Waals surface area (Å²) >= 11 is 0. The van der Waals surface area contributed by atoms with Gasteiger partial charge in [0.05, 0.1) is 22.1 Å². The van der Waals surface area contributed by atoms with Crippen LogP contribution in [0.2, 0.25) is 0 Å². The van der Waals surface area contributed by atoms with Gasteiger partial charge in [-0.15, -0.1) is 0 Å². The molecule has 0 aliphatic carbocycles. The summed E-state index contributed by atoms with van der Waals surface area (Å²) in [6.07, 6.45) is -0.199. The van der Waals surface area contributed by atoms with Crippen molar-refractivity contribution in [2.45, 2.75) is 18.8 Å².